The zero-order valence-corrected chi connectivity index (χ0v) is 18.3. The minimum absolute atomic E-state index is 0.173. The summed E-state index contributed by atoms with van der Waals surface area (Å²) in [6, 6.07) is 22.0. The van der Waals surface area contributed by atoms with E-state index in [9.17, 15) is 14.0 Å². The summed E-state index contributed by atoms with van der Waals surface area (Å²) >= 11 is 0. The molecule has 0 aromatic heterocycles. The van der Waals surface area contributed by atoms with Gasteiger partial charge in [0.1, 0.15) is 17.6 Å². The Bertz CT molecular complexity index is 1040. The molecule has 166 valence electrons. The Morgan fingerprint density at radius 3 is 2.28 bits per heavy atom. The summed E-state index contributed by atoms with van der Waals surface area (Å²) < 4.78 is 18.7. The van der Waals surface area contributed by atoms with E-state index in [1.807, 2.05) is 54.6 Å². The average Bonchev–Trinajstić information content (AvgIpc) is 2.82. The Balaban J connectivity index is 1.74. The number of carbonyl (C=O) groups is 2. The van der Waals surface area contributed by atoms with Crippen LogP contribution >= 0.6 is 0 Å². The van der Waals surface area contributed by atoms with Crippen LogP contribution in [-0.4, -0.2) is 29.9 Å². The van der Waals surface area contributed by atoms with Crippen LogP contribution in [0, 0.1) is 5.82 Å². The van der Waals surface area contributed by atoms with E-state index in [1.54, 1.807) is 26.2 Å². The maximum atomic E-state index is 13.3. The standard InChI is InChI=1S/C26H27FN2O3/c1-19(26(31)28-17-22-10-6-7-11-24(22)32-2)29(18-21-12-14-23(27)15-13-21)25(30)16-20-8-4-3-5-9-20/h3-15,19H,16-18H2,1-2H3,(H,28,31)/t19-/m0/s1. The molecule has 0 aliphatic heterocycles. The van der Waals surface area contributed by atoms with E-state index in [4.69, 9.17) is 4.74 Å². The molecule has 0 saturated heterocycles. The molecule has 5 nitrogen and oxygen atoms in total. The summed E-state index contributed by atoms with van der Waals surface area (Å²) in [5.74, 6) is -0.123. The first-order valence-corrected chi connectivity index (χ1v) is 10.5. The summed E-state index contributed by atoms with van der Waals surface area (Å²) in [6.45, 7) is 2.18. The van der Waals surface area contributed by atoms with Gasteiger partial charge in [0.2, 0.25) is 11.8 Å². The van der Waals surface area contributed by atoms with E-state index in [0.29, 0.717) is 5.75 Å². The van der Waals surface area contributed by atoms with Crippen LogP contribution in [0.5, 0.6) is 5.75 Å². The molecule has 1 N–H and O–H groups in total. The molecule has 0 bridgehead atoms. The van der Waals surface area contributed by atoms with Gasteiger partial charge in [0.15, 0.2) is 0 Å². The molecule has 0 heterocycles. The fourth-order valence-electron chi connectivity index (χ4n) is 3.42. The van der Waals surface area contributed by atoms with E-state index in [-0.39, 0.29) is 37.1 Å². The van der Waals surface area contributed by atoms with Crippen LogP contribution in [0.4, 0.5) is 4.39 Å². The molecule has 0 fully saturated rings. The van der Waals surface area contributed by atoms with Gasteiger partial charge in [0.05, 0.1) is 13.5 Å². The largest absolute Gasteiger partial charge is 0.496 e. The Morgan fingerprint density at radius 2 is 1.59 bits per heavy atom. The molecule has 32 heavy (non-hydrogen) atoms. The third-order valence-electron chi connectivity index (χ3n) is 5.28. The van der Waals surface area contributed by atoms with Gasteiger partial charge in [-0.15, -0.1) is 0 Å². The second kappa shape index (κ2) is 11.1. The van der Waals surface area contributed by atoms with Gasteiger partial charge in [-0.25, -0.2) is 4.39 Å². The molecule has 6 heteroatoms. The summed E-state index contributed by atoms with van der Waals surface area (Å²) in [4.78, 5) is 27.6. The van der Waals surface area contributed by atoms with Gasteiger partial charge in [-0.05, 0) is 36.2 Å². The topological polar surface area (TPSA) is 58.6 Å². The minimum atomic E-state index is -0.717. The normalized spacial score (nSPS) is 11.5. The van der Waals surface area contributed by atoms with Crippen LogP contribution in [-0.2, 0) is 29.1 Å². The number of nitrogens with one attached hydrogen (secondary N) is 1. The van der Waals surface area contributed by atoms with Gasteiger partial charge in [0.25, 0.3) is 0 Å². The van der Waals surface area contributed by atoms with E-state index in [2.05, 4.69) is 5.32 Å². The number of methoxy groups -OCH3 is 1. The summed E-state index contributed by atoms with van der Waals surface area (Å²) in [6.07, 6.45) is 0.173. The first kappa shape index (κ1) is 23.0. The highest BCUT2D eigenvalue weighted by Gasteiger charge is 2.26. The molecule has 0 spiro atoms. The number of halogens is 1. The van der Waals surface area contributed by atoms with Crippen molar-refractivity contribution in [2.45, 2.75) is 32.5 Å². The average molecular weight is 435 g/mol. The molecule has 0 radical (unpaired) electrons. The number of benzene rings is 3. The van der Waals surface area contributed by atoms with Crippen molar-refractivity contribution < 1.29 is 18.7 Å². The van der Waals surface area contributed by atoms with Gasteiger partial charge in [-0.2, -0.15) is 0 Å². The van der Waals surface area contributed by atoms with Gasteiger partial charge >= 0.3 is 0 Å². The number of nitrogens with zero attached hydrogens (tertiary/aromatic N) is 1. The molecule has 3 aromatic carbocycles. The van der Waals surface area contributed by atoms with Crippen molar-refractivity contribution in [3.63, 3.8) is 0 Å². The Morgan fingerprint density at radius 1 is 0.938 bits per heavy atom. The second-order valence-electron chi connectivity index (χ2n) is 7.52. The number of ether oxygens (including phenoxy) is 1. The Kier molecular flexibility index (Phi) is 7.97. The molecule has 1 atom stereocenters. The highest BCUT2D eigenvalue weighted by Crippen LogP contribution is 2.17. The van der Waals surface area contributed by atoms with E-state index in [0.717, 1.165) is 16.7 Å². The van der Waals surface area contributed by atoms with E-state index in [1.165, 1.54) is 17.0 Å². The fraction of sp³-hybridized carbons (Fsp3) is 0.231. The molecule has 0 aliphatic carbocycles. The minimum Gasteiger partial charge on any atom is -0.496 e. The number of hydrogen-bond donors (Lipinski definition) is 1. The number of para-hydroxylation sites is 1. The van der Waals surface area contributed by atoms with Gasteiger partial charge in [0, 0.05) is 18.7 Å². The van der Waals surface area contributed by atoms with Crippen molar-refractivity contribution in [3.8, 4) is 5.75 Å². The molecule has 3 aromatic rings. The highest BCUT2D eigenvalue weighted by molar-refractivity contribution is 5.88. The van der Waals surface area contributed by atoms with Crippen LogP contribution < -0.4 is 10.1 Å². The number of carbonyl (C=O) groups excluding carboxylic acids is 2. The van der Waals surface area contributed by atoms with Crippen molar-refractivity contribution >= 4 is 11.8 Å². The lowest BCUT2D eigenvalue weighted by atomic mass is 10.1. The Labute approximate surface area is 187 Å². The van der Waals surface area contributed by atoms with Gasteiger partial charge in [-0.3, -0.25) is 9.59 Å². The van der Waals surface area contributed by atoms with E-state index >= 15 is 0 Å². The zero-order chi connectivity index (χ0) is 22.9. The van der Waals surface area contributed by atoms with E-state index < -0.39 is 6.04 Å². The molecule has 0 saturated carbocycles. The monoisotopic (exact) mass is 434 g/mol. The van der Waals surface area contributed by atoms with Crippen LogP contribution in [0.3, 0.4) is 0 Å². The third-order valence-corrected chi connectivity index (χ3v) is 5.28. The van der Waals surface area contributed by atoms with Crippen molar-refractivity contribution in [1.29, 1.82) is 0 Å². The van der Waals surface area contributed by atoms with Crippen molar-refractivity contribution in [2.75, 3.05) is 7.11 Å². The van der Waals surface area contributed by atoms with Crippen LogP contribution in [0.15, 0.2) is 78.9 Å². The maximum Gasteiger partial charge on any atom is 0.242 e. The first-order valence-electron chi connectivity index (χ1n) is 10.5. The number of amides is 2. The third kappa shape index (κ3) is 6.17. The zero-order valence-electron chi connectivity index (χ0n) is 18.3. The maximum absolute atomic E-state index is 13.3. The van der Waals surface area contributed by atoms with Crippen LogP contribution in [0.2, 0.25) is 0 Å². The van der Waals surface area contributed by atoms with Crippen molar-refractivity contribution in [3.05, 3.63) is 101 Å². The summed E-state index contributed by atoms with van der Waals surface area (Å²) in [7, 11) is 1.58. The molecule has 0 aliphatic rings. The smallest absolute Gasteiger partial charge is 0.242 e. The molecule has 0 unspecified atom stereocenters. The van der Waals surface area contributed by atoms with Crippen LogP contribution in [0.1, 0.15) is 23.6 Å². The molecule has 3 rings (SSSR count). The molecular weight excluding hydrogens is 407 g/mol. The van der Waals surface area contributed by atoms with Gasteiger partial charge < -0.3 is 15.0 Å². The predicted octanol–water partition coefficient (Wildman–Crippen LogP) is 4.11. The van der Waals surface area contributed by atoms with Gasteiger partial charge in [-0.1, -0.05) is 60.7 Å². The predicted molar refractivity (Wildman–Crippen MR) is 121 cm³/mol. The SMILES string of the molecule is COc1ccccc1CNC(=O)[C@H](C)N(Cc1ccc(F)cc1)C(=O)Cc1ccccc1. The fourth-order valence-corrected chi connectivity index (χ4v) is 3.42. The lowest BCUT2D eigenvalue weighted by Gasteiger charge is -2.29. The van der Waals surface area contributed by atoms with Crippen molar-refractivity contribution in [2.24, 2.45) is 0 Å². The second-order valence-corrected chi connectivity index (χ2v) is 7.52. The van der Waals surface area contributed by atoms with Crippen molar-refractivity contribution in [1.82, 2.24) is 10.2 Å². The quantitative estimate of drug-likeness (QED) is 0.551. The van der Waals surface area contributed by atoms with Crippen LogP contribution in [0.25, 0.3) is 0 Å². The summed E-state index contributed by atoms with van der Waals surface area (Å²) in [5.41, 5.74) is 2.46. The lowest BCUT2D eigenvalue weighted by molar-refractivity contribution is -0.140. The number of rotatable bonds is 9. The molecular formula is C26H27FN2O3. The first-order chi connectivity index (χ1) is 15.5. The molecule has 2 amide bonds. The summed E-state index contributed by atoms with van der Waals surface area (Å²) in [5, 5.41) is 2.89. The number of hydrogen-bond acceptors (Lipinski definition) is 3. The lowest BCUT2D eigenvalue weighted by Crippen LogP contribution is -2.48. The Hall–Kier alpha value is -3.67. The highest BCUT2D eigenvalue weighted by atomic mass is 19.1.